The van der Waals surface area contributed by atoms with Crippen LogP contribution in [0.1, 0.15) is 63.9 Å². The standard InChI is InChI=1S/C26H37NO2.ClH/c1-23-12-8-10-20-27(23)19-9-3-2-4-11-21-28-25-15-17-26(18-16-25)29-22-24-13-6-5-7-14-24;/h5-7,13-18,23H,2-4,8-12,19-22H2,1H3;1H. The van der Waals surface area contributed by atoms with Crippen LogP contribution < -0.4 is 9.47 Å². The van der Waals surface area contributed by atoms with E-state index in [2.05, 4.69) is 24.0 Å². The first-order chi connectivity index (χ1) is 14.3. The van der Waals surface area contributed by atoms with Crippen molar-refractivity contribution in [1.82, 2.24) is 4.90 Å². The van der Waals surface area contributed by atoms with Crippen molar-refractivity contribution in [3.63, 3.8) is 0 Å². The lowest BCUT2D eigenvalue weighted by Crippen LogP contribution is -2.37. The van der Waals surface area contributed by atoms with Crippen molar-refractivity contribution in [2.75, 3.05) is 19.7 Å². The number of benzene rings is 2. The van der Waals surface area contributed by atoms with Crippen LogP contribution in [0.3, 0.4) is 0 Å². The molecule has 0 radical (unpaired) electrons. The molecule has 1 atom stereocenters. The summed E-state index contributed by atoms with van der Waals surface area (Å²) in [7, 11) is 0. The molecule has 0 bridgehead atoms. The van der Waals surface area contributed by atoms with Crippen molar-refractivity contribution in [3.05, 3.63) is 60.2 Å². The van der Waals surface area contributed by atoms with Crippen LogP contribution in [-0.2, 0) is 6.61 Å². The molecular formula is C26H38ClNO2. The molecule has 1 heterocycles. The van der Waals surface area contributed by atoms with Gasteiger partial charge in [-0.3, -0.25) is 0 Å². The molecule has 1 aliphatic rings. The van der Waals surface area contributed by atoms with Crippen molar-refractivity contribution in [1.29, 1.82) is 0 Å². The predicted octanol–water partition coefficient (Wildman–Crippen LogP) is 6.89. The Hall–Kier alpha value is -1.71. The highest BCUT2D eigenvalue weighted by atomic mass is 35.5. The van der Waals surface area contributed by atoms with Gasteiger partial charge in [-0.15, -0.1) is 12.4 Å². The van der Waals surface area contributed by atoms with E-state index < -0.39 is 0 Å². The van der Waals surface area contributed by atoms with Gasteiger partial charge in [0.25, 0.3) is 0 Å². The summed E-state index contributed by atoms with van der Waals surface area (Å²) in [5.41, 5.74) is 1.18. The lowest BCUT2D eigenvalue weighted by atomic mass is 10.0. The van der Waals surface area contributed by atoms with Crippen LogP contribution in [0, 0.1) is 0 Å². The van der Waals surface area contributed by atoms with Gasteiger partial charge in [0.2, 0.25) is 0 Å². The minimum absolute atomic E-state index is 0. The molecule has 1 aliphatic heterocycles. The van der Waals surface area contributed by atoms with Gasteiger partial charge in [0.1, 0.15) is 18.1 Å². The van der Waals surface area contributed by atoms with Crippen molar-refractivity contribution < 1.29 is 9.47 Å². The molecule has 1 fully saturated rings. The monoisotopic (exact) mass is 431 g/mol. The fraction of sp³-hybridized carbons (Fsp3) is 0.538. The Morgan fingerprint density at radius 2 is 1.47 bits per heavy atom. The number of nitrogens with zero attached hydrogens (tertiary/aromatic N) is 1. The number of rotatable bonds is 12. The van der Waals surface area contributed by atoms with E-state index in [1.807, 2.05) is 42.5 Å². The summed E-state index contributed by atoms with van der Waals surface area (Å²) in [6.45, 7) is 6.38. The van der Waals surface area contributed by atoms with Crippen LogP contribution in [0.4, 0.5) is 0 Å². The molecule has 4 heteroatoms. The van der Waals surface area contributed by atoms with Crippen molar-refractivity contribution in [2.45, 2.75) is 70.9 Å². The molecule has 166 valence electrons. The summed E-state index contributed by atoms with van der Waals surface area (Å²) in [5, 5.41) is 0. The number of likely N-dealkylation sites (tertiary alicyclic amines) is 1. The van der Waals surface area contributed by atoms with E-state index in [0.29, 0.717) is 6.61 Å². The summed E-state index contributed by atoms with van der Waals surface area (Å²) < 4.78 is 11.7. The number of halogens is 1. The fourth-order valence-electron chi connectivity index (χ4n) is 4.00. The third-order valence-corrected chi connectivity index (χ3v) is 5.87. The van der Waals surface area contributed by atoms with Gasteiger partial charge in [0.15, 0.2) is 0 Å². The van der Waals surface area contributed by atoms with Gasteiger partial charge in [-0.1, -0.05) is 56.0 Å². The quantitative estimate of drug-likeness (QED) is 0.341. The Morgan fingerprint density at radius 1 is 0.800 bits per heavy atom. The zero-order valence-corrected chi connectivity index (χ0v) is 19.2. The van der Waals surface area contributed by atoms with Crippen LogP contribution in [0.5, 0.6) is 11.5 Å². The number of hydrogen-bond acceptors (Lipinski definition) is 3. The van der Waals surface area contributed by atoms with Gasteiger partial charge < -0.3 is 14.4 Å². The zero-order chi connectivity index (χ0) is 20.2. The van der Waals surface area contributed by atoms with Crippen LogP contribution in [0.25, 0.3) is 0 Å². The molecule has 1 unspecified atom stereocenters. The minimum atomic E-state index is 0. The first-order valence-corrected chi connectivity index (χ1v) is 11.4. The Bertz CT molecular complexity index is 677. The summed E-state index contributed by atoms with van der Waals surface area (Å²) in [6, 6.07) is 19.0. The molecule has 3 nitrogen and oxygen atoms in total. The molecule has 0 aromatic heterocycles. The smallest absolute Gasteiger partial charge is 0.120 e. The lowest BCUT2D eigenvalue weighted by molar-refractivity contribution is 0.157. The highest BCUT2D eigenvalue weighted by molar-refractivity contribution is 5.85. The Morgan fingerprint density at radius 3 is 2.20 bits per heavy atom. The van der Waals surface area contributed by atoms with Crippen molar-refractivity contribution in [3.8, 4) is 11.5 Å². The number of piperidine rings is 1. The molecule has 0 amide bonds. The highest BCUT2D eigenvalue weighted by Gasteiger charge is 2.16. The second kappa shape index (κ2) is 14.3. The van der Waals surface area contributed by atoms with Gasteiger partial charge in [0, 0.05) is 6.04 Å². The third kappa shape index (κ3) is 8.97. The highest BCUT2D eigenvalue weighted by Crippen LogP contribution is 2.20. The van der Waals surface area contributed by atoms with E-state index in [1.54, 1.807) is 0 Å². The molecule has 0 spiro atoms. The molecule has 1 saturated heterocycles. The second-order valence-electron chi connectivity index (χ2n) is 8.24. The third-order valence-electron chi connectivity index (χ3n) is 5.87. The molecule has 2 aromatic carbocycles. The maximum Gasteiger partial charge on any atom is 0.120 e. The zero-order valence-electron chi connectivity index (χ0n) is 18.4. The normalized spacial score (nSPS) is 16.6. The number of unbranched alkanes of at least 4 members (excludes halogenated alkanes) is 4. The van der Waals surface area contributed by atoms with Gasteiger partial charge in [-0.25, -0.2) is 0 Å². The maximum absolute atomic E-state index is 5.88. The van der Waals surface area contributed by atoms with E-state index >= 15 is 0 Å². The minimum Gasteiger partial charge on any atom is -0.494 e. The van der Waals surface area contributed by atoms with Gasteiger partial charge in [-0.2, -0.15) is 0 Å². The average molecular weight is 432 g/mol. The molecule has 0 N–H and O–H groups in total. The van der Waals surface area contributed by atoms with Gasteiger partial charge >= 0.3 is 0 Å². The van der Waals surface area contributed by atoms with Crippen molar-refractivity contribution in [2.24, 2.45) is 0 Å². The van der Waals surface area contributed by atoms with Crippen LogP contribution in [0.15, 0.2) is 54.6 Å². The van der Waals surface area contributed by atoms with Crippen molar-refractivity contribution >= 4 is 12.4 Å². The fourth-order valence-corrected chi connectivity index (χ4v) is 4.00. The lowest BCUT2D eigenvalue weighted by Gasteiger charge is -2.33. The number of ether oxygens (including phenoxy) is 2. The first-order valence-electron chi connectivity index (χ1n) is 11.4. The summed E-state index contributed by atoms with van der Waals surface area (Å²) in [6.07, 6.45) is 10.6. The molecule has 2 aromatic rings. The van der Waals surface area contributed by atoms with E-state index in [1.165, 1.54) is 63.6 Å². The molecule has 0 saturated carbocycles. The predicted molar refractivity (Wildman–Crippen MR) is 128 cm³/mol. The second-order valence-corrected chi connectivity index (χ2v) is 8.24. The first kappa shape index (κ1) is 24.6. The van der Waals surface area contributed by atoms with Crippen LogP contribution >= 0.6 is 12.4 Å². The van der Waals surface area contributed by atoms with E-state index in [0.717, 1.165) is 30.6 Å². The van der Waals surface area contributed by atoms with E-state index in [4.69, 9.17) is 9.47 Å². The SMILES string of the molecule is CC1CCCCN1CCCCCCCOc1ccc(OCc2ccccc2)cc1.Cl. The van der Waals surface area contributed by atoms with Crippen LogP contribution in [-0.4, -0.2) is 30.6 Å². The maximum atomic E-state index is 5.88. The van der Waals surface area contributed by atoms with E-state index in [9.17, 15) is 0 Å². The summed E-state index contributed by atoms with van der Waals surface area (Å²) >= 11 is 0. The number of hydrogen-bond donors (Lipinski definition) is 0. The topological polar surface area (TPSA) is 21.7 Å². The average Bonchev–Trinajstić information content (AvgIpc) is 2.77. The molecule has 30 heavy (non-hydrogen) atoms. The van der Waals surface area contributed by atoms with Gasteiger partial charge in [-0.05, 0) is 75.5 Å². The molecule has 0 aliphatic carbocycles. The Kier molecular flexibility index (Phi) is 11.7. The molecule has 3 rings (SSSR count). The Labute approximate surface area is 189 Å². The van der Waals surface area contributed by atoms with Crippen LogP contribution in [0.2, 0.25) is 0 Å². The Balaban J connectivity index is 0.00000320. The van der Waals surface area contributed by atoms with Gasteiger partial charge in [0.05, 0.1) is 6.61 Å². The summed E-state index contributed by atoms with van der Waals surface area (Å²) in [5.74, 6) is 1.81. The summed E-state index contributed by atoms with van der Waals surface area (Å²) in [4.78, 5) is 2.68. The molecular weight excluding hydrogens is 394 g/mol. The van der Waals surface area contributed by atoms with E-state index in [-0.39, 0.29) is 12.4 Å². The largest absolute Gasteiger partial charge is 0.494 e.